The number of hydrogen-bond acceptors (Lipinski definition) is 4. The molecule has 0 spiro atoms. The smallest absolute Gasteiger partial charge is 0.265 e. The molecule has 2 aromatic rings. The number of sulfonamides is 1. The van der Waals surface area contributed by atoms with Crippen molar-refractivity contribution in [2.75, 3.05) is 17.1 Å². The van der Waals surface area contributed by atoms with Gasteiger partial charge >= 0.3 is 0 Å². The van der Waals surface area contributed by atoms with Gasteiger partial charge in [0.05, 0.1) is 21.4 Å². The largest absolute Gasteiger partial charge is 0.396 e. The molecular formula is C12H11Cl2N3O2S. The molecule has 106 valence electrons. The monoisotopic (exact) mass is 331 g/mol. The molecule has 0 aliphatic heterocycles. The number of anilines is 2. The Morgan fingerprint density at radius 3 is 2.35 bits per heavy atom. The van der Waals surface area contributed by atoms with Crippen molar-refractivity contribution in [3.8, 4) is 0 Å². The summed E-state index contributed by atoms with van der Waals surface area (Å²) in [5.41, 5.74) is 6.16. The summed E-state index contributed by atoms with van der Waals surface area (Å²) in [6.07, 6.45) is 3.00. The zero-order valence-electron chi connectivity index (χ0n) is 10.4. The zero-order chi connectivity index (χ0) is 14.9. The first-order valence-electron chi connectivity index (χ1n) is 5.48. The normalized spacial score (nSPS) is 11.3. The lowest BCUT2D eigenvalue weighted by Gasteiger charge is -2.20. The van der Waals surface area contributed by atoms with Crippen molar-refractivity contribution in [3.05, 3.63) is 46.7 Å². The third-order valence-electron chi connectivity index (χ3n) is 2.76. The van der Waals surface area contributed by atoms with E-state index >= 15 is 0 Å². The number of benzene rings is 1. The van der Waals surface area contributed by atoms with Crippen LogP contribution < -0.4 is 10.0 Å². The van der Waals surface area contributed by atoms with E-state index in [0.717, 1.165) is 4.31 Å². The van der Waals surface area contributed by atoms with Crippen LogP contribution in [-0.2, 0) is 10.0 Å². The molecule has 1 aromatic heterocycles. The number of aromatic nitrogens is 1. The lowest BCUT2D eigenvalue weighted by atomic mass is 10.3. The van der Waals surface area contributed by atoms with Crippen LogP contribution in [0.1, 0.15) is 0 Å². The van der Waals surface area contributed by atoms with E-state index in [9.17, 15) is 8.42 Å². The molecule has 2 rings (SSSR count). The molecule has 0 aliphatic rings. The van der Waals surface area contributed by atoms with E-state index in [1.165, 1.54) is 31.6 Å². The molecule has 0 saturated heterocycles. The first-order chi connectivity index (χ1) is 9.35. The highest BCUT2D eigenvalue weighted by molar-refractivity contribution is 7.93. The lowest BCUT2D eigenvalue weighted by molar-refractivity contribution is 0.594. The van der Waals surface area contributed by atoms with Crippen LogP contribution in [0.5, 0.6) is 0 Å². The van der Waals surface area contributed by atoms with Crippen molar-refractivity contribution in [2.45, 2.75) is 4.90 Å². The molecule has 1 heterocycles. The molecule has 1 aromatic carbocycles. The summed E-state index contributed by atoms with van der Waals surface area (Å²) in [5.74, 6) is 0. The number of nitrogens with two attached hydrogens (primary N) is 1. The van der Waals surface area contributed by atoms with Crippen LogP contribution in [0.4, 0.5) is 11.4 Å². The van der Waals surface area contributed by atoms with Crippen LogP contribution in [0.2, 0.25) is 10.0 Å². The predicted molar refractivity (Wildman–Crippen MR) is 80.7 cm³/mol. The summed E-state index contributed by atoms with van der Waals surface area (Å²) in [5, 5.41) is 0.124. The standard InChI is InChI=1S/C12H11Cl2N3O2S/c1-17(8-4-6-16-7-5-8)20(18,19)10-3-2-9(13)12(15)11(10)14/h2-7H,15H2,1H3. The van der Waals surface area contributed by atoms with Crippen LogP contribution in [0.3, 0.4) is 0 Å². The Morgan fingerprint density at radius 1 is 1.15 bits per heavy atom. The summed E-state index contributed by atoms with van der Waals surface area (Å²) in [4.78, 5) is 3.74. The molecule has 0 aliphatic carbocycles. The summed E-state index contributed by atoms with van der Waals surface area (Å²) < 4.78 is 26.2. The average Bonchev–Trinajstić information content (AvgIpc) is 2.44. The van der Waals surface area contributed by atoms with Gasteiger partial charge in [0, 0.05) is 19.4 Å². The number of pyridine rings is 1. The van der Waals surface area contributed by atoms with Crippen LogP contribution in [0, 0.1) is 0 Å². The van der Waals surface area contributed by atoms with Crippen molar-refractivity contribution >= 4 is 44.6 Å². The maximum atomic E-state index is 12.5. The van der Waals surface area contributed by atoms with Gasteiger partial charge in [-0.25, -0.2) is 8.42 Å². The number of halogens is 2. The topological polar surface area (TPSA) is 76.3 Å². The Labute approximate surface area is 127 Å². The van der Waals surface area contributed by atoms with Gasteiger partial charge in [0.25, 0.3) is 10.0 Å². The maximum Gasteiger partial charge on any atom is 0.265 e. The highest BCUT2D eigenvalue weighted by atomic mass is 35.5. The van der Waals surface area contributed by atoms with E-state index in [2.05, 4.69) is 4.98 Å². The zero-order valence-corrected chi connectivity index (χ0v) is 12.7. The second-order valence-corrected chi connectivity index (χ2v) is 6.67. The van der Waals surface area contributed by atoms with Crippen LogP contribution in [-0.4, -0.2) is 20.4 Å². The molecule has 20 heavy (non-hydrogen) atoms. The SMILES string of the molecule is CN(c1ccncc1)S(=O)(=O)c1ccc(Cl)c(N)c1Cl. The van der Waals surface area contributed by atoms with E-state index in [1.54, 1.807) is 12.1 Å². The first kappa shape index (κ1) is 14.9. The Morgan fingerprint density at radius 2 is 1.75 bits per heavy atom. The minimum absolute atomic E-state index is 0.0394. The lowest BCUT2D eigenvalue weighted by Crippen LogP contribution is -2.27. The predicted octanol–water partition coefficient (Wildman–Crippen LogP) is 2.80. The minimum Gasteiger partial charge on any atom is -0.396 e. The fourth-order valence-corrected chi connectivity index (χ4v) is 3.52. The van der Waals surface area contributed by atoms with Crippen molar-refractivity contribution in [1.82, 2.24) is 4.98 Å². The Kier molecular flexibility index (Phi) is 4.08. The molecule has 0 atom stereocenters. The van der Waals surface area contributed by atoms with E-state index in [1.807, 2.05) is 0 Å². The van der Waals surface area contributed by atoms with Crippen LogP contribution >= 0.6 is 23.2 Å². The van der Waals surface area contributed by atoms with E-state index in [4.69, 9.17) is 28.9 Å². The quantitative estimate of drug-likeness (QED) is 0.877. The minimum atomic E-state index is -3.83. The summed E-state index contributed by atoms with van der Waals surface area (Å²) in [7, 11) is -2.40. The van der Waals surface area contributed by atoms with Crippen molar-refractivity contribution < 1.29 is 8.42 Å². The van der Waals surface area contributed by atoms with Gasteiger partial charge in [-0.05, 0) is 24.3 Å². The van der Waals surface area contributed by atoms with Gasteiger partial charge in [-0.15, -0.1) is 0 Å². The molecule has 5 nitrogen and oxygen atoms in total. The average molecular weight is 332 g/mol. The fraction of sp³-hybridized carbons (Fsp3) is 0.0833. The van der Waals surface area contributed by atoms with E-state index in [-0.39, 0.29) is 20.6 Å². The van der Waals surface area contributed by atoms with Gasteiger partial charge in [-0.1, -0.05) is 23.2 Å². The molecule has 8 heteroatoms. The second-order valence-electron chi connectivity index (χ2n) is 3.95. The van der Waals surface area contributed by atoms with Crippen LogP contribution in [0.15, 0.2) is 41.6 Å². The number of rotatable bonds is 3. The molecule has 0 bridgehead atoms. The first-order valence-corrected chi connectivity index (χ1v) is 7.67. The molecule has 0 unspecified atom stereocenters. The van der Waals surface area contributed by atoms with Crippen molar-refractivity contribution in [3.63, 3.8) is 0 Å². The number of nitrogen functional groups attached to an aromatic ring is 1. The summed E-state index contributed by atoms with van der Waals surface area (Å²) >= 11 is 11.8. The molecular weight excluding hydrogens is 321 g/mol. The van der Waals surface area contributed by atoms with Crippen molar-refractivity contribution in [2.24, 2.45) is 0 Å². The third-order valence-corrected chi connectivity index (χ3v) is 5.43. The van der Waals surface area contributed by atoms with Crippen molar-refractivity contribution in [1.29, 1.82) is 0 Å². The fourth-order valence-electron chi connectivity index (χ4n) is 1.59. The van der Waals surface area contributed by atoms with Gasteiger partial charge in [-0.3, -0.25) is 9.29 Å². The molecule has 2 N–H and O–H groups in total. The molecule has 0 amide bonds. The van der Waals surface area contributed by atoms with Gasteiger partial charge in [0.1, 0.15) is 4.90 Å². The maximum absolute atomic E-state index is 12.5. The second kappa shape index (κ2) is 5.47. The summed E-state index contributed by atoms with van der Waals surface area (Å²) in [6, 6.07) is 5.87. The number of nitrogens with zero attached hydrogens (tertiary/aromatic N) is 2. The van der Waals surface area contributed by atoms with Gasteiger partial charge in [0.15, 0.2) is 0 Å². The van der Waals surface area contributed by atoms with Gasteiger partial charge in [0.2, 0.25) is 0 Å². The van der Waals surface area contributed by atoms with Crippen LogP contribution in [0.25, 0.3) is 0 Å². The van der Waals surface area contributed by atoms with Gasteiger partial charge < -0.3 is 5.73 Å². The molecule has 0 radical (unpaired) electrons. The highest BCUT2D eigenvalue weighted by Gasteiger charge is 2.25. The Balaban J connectivity index is 2.54. The highest BCUT2D eigenvalue weighted by Crippen LogP contribution is 2.35. The van der Waals surface area contributed by atoms with Gasteiger partial charge in [-0.2, -0.15) is 0 Å². The Bertz CT molecular complexity index is 736. The molecule has 0 saturated carbocycles. The van der Waals surface area contributed by atoms with E-state index in [0.29, 0.717) is 5.69 Å². The summed E-state index contributed by atoms with van der Waals surface area (Å²) in [6.45, 7) is 0. The van der Waals surface area contributed by atoms with E-state index < -0.39 is 10.0 Å². The molecule has 0 fully saturated rings. The third kappa shape index (κ3) is 2.54. The Hall–Kier alpha value is -1.50. The number of hydrogen-bond donors (Lipinski definition) is 1.